The molecular formula is C24H44O4. The van der Waals surface area contributed by atoms with E-state index in [0.717, 1.165) is 32.3 Å². The van der Waals surface area contributed by atoms with E-state index in [1.165, 1.54) is 38.5 Å². The van der Waals surface area contributed by atoms with Crippen molar-refractivity contribution in [2.45, 2.75) is 117 Å². The van der Waals surface area contributed by atoms with Crippen molar-refractivity contribution < 1.29 is 19.0 Å². The molecule has 1 heterocycles. The summed E-state index contributed by atoms with van der Waals surface area (Å²) in [7, 11) is 0. The molecular weight excluding hydrogens is 352 g/mol. The fourth-order valence-electron chi connectivity index (χ4n) is 3.76. The third kappa shape index (κ3) is 11.9. The predicted molar refractivity (Wildman–Crippen MR) is 115 cm³/mol. The van der Waals surface area contributed by atoms with Crippen molar-refractivity contribution in [2.75, 3.05) is 6.61 Å². The zero-order valence-corrected chi connectivity index (χ0v) is 19.0. The van der Waals surface area contributed by atoms with Crippen LogP contribution in [0.25, 0.3) is 0 Å². The second-order valence-corrected chi connectivity index (χ2v) is 8.88. The molecule has 0 aromatic heterocycles. The molecule has 0 bridgehead atoms. The van der Waals surface area contributed by atoms with Crippen LogP contribution in [0.15, 0.2) is 12.2 Å². The molecule has 164 valence electrons. The van der Waals surface area contributed by atoms with Crippen LogP contribution in [0, 0.1) is 11.8 Å². The van der Waals surface area contributed by atoms with Gasteiger partial charge >= 0.3 is 5.97 Å². The average Bonchev–Trinajstić information content (AvgIpc) is 2.65. The lowest BCUT2D eigenvalue weighted by molar-refractivity contribution is -0.185. The Morgan fingerprint density at radius 2 is 1.68 bits per heavy atom. The summed E-state index contributed by atoms with van der Waals surface area (Å²) in [5.74, 6) is 0.490. The average molecular weight is 397 g/mol. The quantitative estimate of drug-likeness (QED) is 0.193. The molecule has 4 nitrogen and oxygen atoms in total. The van der Waals surface area contributed by atoms with Gasteiger partial charge in [-0.1, -0.05) is 59.5 Å². The zero-order valence-electron chi connectivity index (χ0n) is 19.0. The number of hydrogen-bond acceptors (Lipinski definition) is 4. The molecule has 1 aliphatic rings. The number of hydrogen-bond donors (Lipinski definition) is 0. The summed E-state index contributed by atoms with van der Waals surface area (Å²) >= 11 is 0. The molecule has 0 saturated carbocycles. The first kappa shape index (κ1) is 25.2. The minimum Gasteiger partial charge on any atom is -0.459 e. The van der Waals surface area contributed by atoms with Crippen molar-refractivity contribution in [3.63, 3.8) is 0 Å². The van der Waals surface area contributed by atoms with Crippen LogP contribution in [-0.4, -0.2) is 31.1 Å². The van der Waals surface area contributed by atoms with E-state index in [1.54, 1.807) is 6.08 Å². The number of allylic oxidation sites excluding steroid dienone is 1. The lowest BCUT2D eigenvalue weighted by Crippen LogP contribution is -2.28. The van der Waals surface area contributed by atoms with Crippen LogP contribution in [0.5, 0.6) is 0 Å². The van der Waals surface area contributed by atoms with Crippen LogP contribution >= 0.6 is 0 Å². The van der Waals surface area contributed by atoms with Crippen LogP contribution in [0.1, 0.15) is 98.8 Å². The smallest absolute Gasteiger partial charge is 0.330 e. The van der Waals surface area contributed by atoms with E-state index in [0.29, 0.717) is 11.8 Å². The maximum atomic E-state index is 11.9. The van der Waals surface area contributed by atoms with E-state index in [2.05, 4.69) is 34.6 Å². The Morgan fingerprint density at radius 1 is 1.00 bits per heavy atom. The molecule has 1 aliphatic heterocycles. The fraction of sp³-hybridized carbons (Fsp3) is 0.875. The van der Waals surface area contributed by atoms with E-state index in [9.17, 15) is 4.79 Å². The van der Waals surface area contributed by atoms with Gasteiger partial charge in [-0.05, 0) is 57.3 Å². The number of esters is 1. The minimum atomic E-state index is -0.205. The highest BCUT2D eigenvalue weighted by atomic mass is 16.7. The molecule has 2 atom stereocenters. The van der Waals surface area contributed by atoms with Crippen molar-refractivity contribution >= 4 is 5.97 Å². The molecule has 0 amide bonds. The Labute approximate surface area is 173 Å². The number of ether oxygens (including phenoxy) is 3. The highest BCUT2D eigenvalue weighted by molar-refractivity contribution is 5.82. The Kier molecular flexibility index (Phi) is 13.5. The van der Waals surface area contributed by atoms with Gasteiger partial charge in [-0.2, -0.15) is 0 Å². The Bertz CT molecular complexity index is 416. The normalized spacial score (nSPS) is 19.1. The molecule has 0 spiro atoms. The standard InChI is InChI=1S/C24H44O4/c1-19(2)24(20(3)4)28-22(25)16-12-10-8-6-7-9-11-15-21(5)27-23-17-13-14-18-26-23/h12,16,19-21,23-24H,6-11,13-15,17-18H2,1-5H3/b16-12+. The van der Waals surface area contributed by atoms with E-state index in [4.69, 9.17) is 14.2 Å². The molecule has 1 rings (SSSR count). The zero-order chi connectivity index (χ0) is 20.8. The van der Waals surface area contributed by atoms with E-state index >= 15 is 0 Å². The molecule has 0 N–H and O–H groups in total. The number of carbonyl (C=O) groups excluding carboxylic acids is 1. The second-order valence-electron chi connectivity index (χ2n) is 8.88. The van der Waals surface area contributed by atoms with Crippen molar-refractivity contribution in [1.82, 2.24) is 0 Å². The summed E-state index contributed by atoms with van der Waals surface area (Å²) in [4.78, 5) is 11.9. The van der Waals surface area contributed by atoms with Crippen LogP contribution < -0.4 is 0 Å². The van der Waals surface area contributed by atoms with Gasteiger partial charge in [-0.15, -0.1) is 0 Å². The number of carbonyl (C=O) groups is 1. The Hall–Kier alpha value is -0.870. The van der Waals surface area contributed by atoms with Crippen LogP contribution in [0.3, 0.4) is 0 Å². The van der Waals surface area contributed by atoms with Gasteiger partial charge in [-0.25, -0.2) is 4.79 Å². The highest BCUT2D eigenvalue weighted by Gasteiger charge is 2.20. The van der Waals surface area contributed by atoms with Crippen molar-refractivity contribution in [2.24, 2.45) is 11.8 Å². The minimum absolute atomic E-state index is 0.00630. The SMILES string of the molecule is CC(CCCCCCC/C=C/C(=O)OC(C(C)C)C(C)C)OC1CCCCO1. The lowest BCUT2D eigenvalue weighted by Gasteiger charge is -2.26. The topological polar surface area (TPSA) is 44.8 Å². The first-order valence-corrected chi connectivity index (χ1v) is 11.5. The van der Waals surface area contributed by atoms with Gasteiger partial charge in [0.2, 0.25) is 0 Å². The maximum absolute atomic E-state index is 11.9. The van der Waals surface area contributed by atoms with E-state index in [1.807, 2.05) is 6.08 Å². The molecule has 2 unspecified atom stereocenters. The Morgan fingerprint density at radius 3 is 2.32 bits per heavy atom. The monoisotopic (exact) mass is 396 g/mol. The molecule has 0 aliphatic carbocycles. The van der Waals surface area contributed by atoms with Crippen LogP contribution in [0.2, 0.25) is 0 Å². The van der Waals surface area contributed by atoms with Gasteiger partial charge in [0.1, 0.15) is 6.10 Å². The maximum Gasteiger partial charge on any atom is 0.330 e. The van der Waals surface area contributed by atoms with Crippen LogP contribution in [0.4, 0.5) is 0 Å². The first-order valence-electron chi connectivity index (χ1n) is 11.5. The van der Waals surface area contributed by atoms with Gasteiger partial charge in [0.25, 0.3) is 0 Å². The van der Waals surface area contributed by atoms with E-state index < -0.39 is 0 Å². The number of unbranched alkanes of at least 4 members (excludes halogenated alkanes) is 5. The summed E-state index contributed by atoms with van der Waals surface area (Å²) in [5, 5.41) is 0. The van der Waals surface area contributed by atoms with Gasteiger partial charge in [0, 0.05) is 12.7 Å². The molecule has 0 aromatic rings. The molecule has 1 fully saturated rings. The van der Waals surface area contributed by atoms with Gasteiger partial charge in [0.15, 0.2) is 6.29 Å². The highest BCUT2D eigenvalue weighted by Crippen LogP contribution is 2.18. The van der Waals surface area contributed by atoms with Gasteiger partial charge < -0.3 is 14.2 Å². The first-order chi connectivity index (χ1) is 13.4. The van der Waals surface area contributed by atoms with Gasteiger partial charge in [0.05, 0.1) is 6.10 Å². The summed E-state index contributed by atoms with van der Waals surface area (Å²) in [6, 6.07) is 0. The van der Waals surface area contributed by atoms with Crippen molar-refractivity contribution in [3.05, 3.63) is 12.2 Å². The third-order valence-electron chi connectivity index (χ3n) is 5.32. The summed E-state index contributed by atoms with van der Waals surface area (Å²) in [5.41, 5.74) is 0. The predicted octanol–water partition coefficient (Wildman–Crippen LogP) is 6.43. The fourth-order valence-corrected chi connectivity index (χ4v) is 3.76. The summed E-state index contributed by atoms with van der Waals surface area (Å²) < 4.78 is 17.1. The number of rotatable bonds is 14. The van der Waals surface area contributed by atoms with Gasteiger partial charge in [-0.3, -0.25) is 0 Å². The van der Waals surface area contributed by atoms with Crippen molar-refractivity contribution in [1.29, 1.82) is 0 Å². The molecule has 4 heteroatoms. The Balaban J connectivity index is 1.99. The largest absolute Gasteiger partial charge is 0.459 e. The van der Waals surface area contributed by atoms with E-state index in [-0.39, 0.29) is 24.5 Å². The summed E-state index contributed by atoms with van der Waals surface area (Å²) in [6.07, 6.45) is 15.4. The molecule has 1 saturated heterocycles. The second kappa shape index (κ2) is 15.0. The van der Waals surface area contributed by atoms with Crippen LogP contribution in [-0.2, 0) is 19.0 Å². The third-order valence-corrected chi connectivity index (χ3v) is 5.32. The van der Waals surface area contributed by atoms with Crippen molar-refractivity contribution in [3.8, 4) is 0 Å². The molecule has 0 radical (unpaired) electrons. The molecule has 28 heavy (non-hydrogen) atoms. The lowest BCUT2D eigenvalue weighted by atomic mass is 9.96. The molecule has 0 aromatic carbocycles. The summed E-state index contributed by atoms with van der Waals surface area (Å²) in [6.45, 7) is 11.4.